The minimum absolute atomic E-state index is 0.0775. The minimum Gasteiger partial charge on any atom is -0.309 e. The predicted octanol–water partition coefficient (Wildman–Crippen LogP) is 0.882. The van der Waals surface area contributed by atoms with Gasteiger partial charge in [0, 0.05) is 31.2 Å². The second-order valence-electron chi connectivity index (χ2n) is 6.00. The molecule has 1 saturated heterocycles. The molecule has 0 radical (unpaired) electrons. The van der Waals surface area contributed by atoms with Crippen molar-refractivity contribution in [1.29, 1.82) is 0 Å². The first-order valence-electron chi connectivity index (χ1n) is 6.35. The third kappa shape index (κ3) is 4.23. The molecule has 1 N–H and O–H groups in total. The second-order valence-corrected chi connectivity index (χ2v) is 8.68. The van der Waals surface area contributed by atoms with Gasteiger partial charge in [0.25, 0.3) is 0 Å². The Kier molecular flexibility index (Phi) is 4.60. The van der Waals surface area contributed by atoms with E-state index >= 15 is 0 Å². The fraction of sp³-hybridized carbons (Fsp3) is 1.00. The van der Waals surface area contributed by atoms with Crippen LogP contribution in [0.15, 0.2) is 0 Å². The number of nitrogens with zero attached hydrogens (tertiary/aromatic N) is 1. The van der Waals surface area contributed by atoms with E-state index in [1.807, 2.05) is 0 Å². The van der Waals surface area contributed by atoms with Crippen LogP contribution < -0.4 is 5.32 Å². The maximum absolute atomic E-state index is 11.8. The van der Waals surface area contributed by atoms with Crippen LogP contribution in [0.25, 0.3) is 0 Å². The van der Waals surface area contributed by atoms with Gasteiger partial charge in [0.1, 0.15) is 0 Å². The molecule has 0 saturated carbocycles. The second kappa shape index (κ2) is 5.24. The Morgan fingerprint density at radius 3 is 2.53 bits per heavy atom. The molecule has 0 bridgehead atoms. The van der Waals surface area contributed by atoms with Crippen LogP contribution in [-0.4, -0.2) is 55.5 Å². The van der Waals surface area contributed by atoms with Crippen molar-refractivity contribution in [1.82, 2.24) is 10.2 Å². The van der Waals surface area contributed by atoms with Crippen molar-refractivity contribution in [3.8, 4) is 0 Å². The van der Waals surface area contributed by atoms with Gasteiger partial charge >= 0.3 is 0 Å². The minimum atomic E-state index is -2.92. The van der Waals surface area contributed by atoms with Crippen LogP contribution in [0.2, 0.25) is 0 Å². The lowest BCUT2D eigenvalue weighted by molar-refractivity contribution is 0.111. The molecule has 0 amide bonds. The lowest BCUT2D eigenvalue weighted by Crippen LogP contribution is -2.61. The largest absolute Gasteiger partial charge is 0.309 e. The average Bonchev–Trinajstić information content (AvgIpc) is 2.19. The van der Waals surface area contributed by atoms with Gasteiger partial charge in [-0.05, 0) is 34.6 Å². The zero-order valence-electron chi connectivity index (χ0n) is 11.7. The fourth-order valence-electron chi connectivity index (χ4n) is 2.05. The molecule has 0 aromatic rings. The molecule has 102 valence electrons. The van der Waals surface area contributed by atoms with E-state index in [1.54, 1.807) is 13.8 Å². The van der Waals surface area contributed by atoms with Crippen molar-refractivity contribution in [2.24, 2.45) is 0 Å². The highest BCUT2D eigenvalue weighted by atomic mass is 32.2. The number of sulfone groups is 1. The van der Waals surface area contributed by atoms with E-state index in [0.717, 1.165) is 13.1 Å². The lowest BCUT2D eigenvalue weighted by atomic mass is 9.99. The van der Waals surface area contributed by atoms with Crippen LogP contribution in [0.1, 0.15) is 34.6 Å². The Morgan fingerprint density at radius 2 is 2.00 bits per heavy atom. The Morgan fingerprint density at radius 1 is 1.41 bits per heavy atom. The Balaban J connectivity index is 2.56. The first-order chi connectivity index (χ1) is 7.64. The van der Waals surface area contributed by atoms with E-state index < -0.39 is 9.84 Å². The third-order valence-electron chi connectivity index (χ3n) is 3.48. The number of hydrogen-bond donors (Lipinski definition) is 1. The molecule has 0 aromatic heterocycles. The van der Waals surface area contributed by atoms with Crippen molar-refractivity contribution in [2.75, 3.05) is 25.4 Å². The average molecular weight is 262 g/mol. The first kappa shape index (κ1) is 14.9. The molecule has 1 aliphatic heterocycles. The first-order valence-corrected chi connectivity index (χ1v) is 8.06. The van der Waals surface area contributed by atoms with Crippen molar-refractivity contribution >= 4 is 9.84 Å². The molecule has 1 aliphatic rings. The molecule has 1 heterocycles. The monoisotopic (exact) mass is 262 g/mol. The summed E-state index contributed by atoms with van der Waals surface area (Å²) in [6.45, 7) is 12.4. The van der Waals surface area contributed by atoms with Crippen molar-refractivity contribution in [3.05, 3.63) is 0 Å². The molecular weight excluding hydrogens is 236 g/mol. The van der Waals surface area contributed by atoms with Gasteiger partial charge in [-0.15, -0.1) is 0 Å². The number of rotatable bonds is 4. The summed E-state index contributed by atoms with van der Waals surface area (Å²) in [5.41, 5.74) is 0.0775. The molecule has 0 aromatic carbocycles. The van der Waals surface area contributed by atoms with Gasteiger partial charge in [-0.1, -0.05) is 0 Å². The van der Waals surface area contributed by atoms with Crippen molar-refractivity contribution < 1.29 is 8.42 Å². The smallest absolute Gasteiger partial charge is 0.153 e. The van der Waals surface area contributed by atoms with Crippen LogP contribution in [0, 0.1) is 0 Å². The van der Waals surface area contributed by atoms with Crippen LogP contribution in [-0.2, 0) is 9.84 Å². The van der Waals surface area contributed by atoms with Crippen LogP contribution in [0.5, 0.6) is 0 Å². The summed E-state index contributed by atoms with van der Waals surface area (Å²) in [6.07, 6.45) is 0. The summed E-state index contributed by atoms with van der Waals surface area (Å²) in [5.74, 6) is 0.269. The van der Waals surface area contributed by atoms with E-state index in [-0.39, 0.29) is 16.5 Å². The van der Waals surface area contributed by atoms with Gasteiger partial charge in [-0.3, -0.25) is 4.90 Å². The molecule has 1 fully saturated rings. The van der Waals surface area contributed by atoms with Gasteiger partial charge in [0.2, 0.25) is 0 Å². The summed E-state index contributed by atoms with van der Waals surface area (Å²) in [5, 5.41) is 3.20. The van der Waals surface area contributed by atoms with Gasteiger partial charge in [-0.25, -0.2) is 8.42 Å². The number of hydrogen-bond acceptors (Lipinski definition) is 4. The van der Waals surface area contributed by atoms with Crippen molar-refractivity contribution in [2.45, 2.75) is 51.4 Å². The summed E-state index contributed by atoms with van der Waals surface area (Å²) in [7, 11) is -2.92. The van der Waals surface area contributed by atoms with E-state index in [4.69, 9.17) is 0 Å². The maximum Gasteiger partial charge on any atom is 0.153 e. The van der Waals surface area contributed by atoms with Crippen LogP contribution >= 0.6 is 0 Å². The normalized spacial score (nSPS) is 26.4. The SMILES string of the molecule is CC1CNC(C)(C)CN1CCS(=O)(=O)C(C)C. The van der Waals surface area contributed by atoms with Crippen molar-refractivity contribution in [3.63, 3.8) is 0 Å². The lowest BCUT2D eigenvalue weighted by Gasteiger charge is -2.43. The molecule has 0 spiro atoms. The summed E-state index contributed by atoms with van der Waals surface area (Å²) in [6, 6.07) is 0.408. The highest BCUT2D eigenvalue weighted by Crippen LogP contribution is 2.15. The molecule has 1 rings (SSSR count). The van der Waals surface area contributed by atoms with Crippen LogP contribution in [0.3, 0.4) is 0 Å². The molecule has 5 heteroatoms. The quantitative estimate of drug-likeness (QED) is 0.817. The Hall–Kier alpha value is -0.130. The summed E-state index contributed by atoms with van der Waals surface area (Å²) in [4.78, 5) is 2.27. The van der Waals surface area contributed by atoms with Gasteiger partial charge < -0.3 is 5.32 Å². The molecule has 4 nitrogen and oxygen atoms in total. The summed E-state index contributed by atoms with van der Waals surface area (Å²) < 4.78 is 23.6. The molecule has 17 heavy (non-hydrogen) atoms. The zero-order valence-corrected chi connectivity index (χ0v) is 12.5. The molecule has 1 unspecified atom stereocenters. The highest BCUT2D eigenvalue weighted by Gasteiger charge is 2.30. The number of piperazine rings is 1. The maximum atomic E-state index is 11.8. The molecule has 0 aliphatic carbocycles. The topological polar surface area (TPSA) is 49.4 Å². The zero-order chi connectivity index (χ0) is 13.3. The van der Waals surface area contributed by atoms with Gasteiger partial charge in [0.05, 0.1) is 11.0 Å². The van der Waals surface area contributed by atoms with E-state index in [9.17, 15) is 8.42 Å². The van der Waals surface area contributed by atoms with E-state index in [0.29, 0.717) is 12.6 Å². The standard InChI is InChI=1S/C12H26N2O2S/c1-10(2)17(15,16)7-6-14-9-12(4,5)13-8-11(14)3/h10-11,13H,6-9H2,1-5H3. The van der Waals surface area contributed by atoms with E-state index in [2.05, 4.69) is 31.0 Å². The Bertz CT molecular complexity index is 350. The highest BCUT2D eigenvalue weighted by molar-refractivity contribution is 7.92. The number of nitrogens with one attached hydrogen (secondary N) is 1. The van der Waals surface area contributed by atoms with Gasteiger partial charge in [0.15, 0.2) is 9.84 Å². The molecule has 1 atom stereocenters. The predicted molar refractivity (Wildman–Crippen MR) is 72.0 cm³/mol. The fourth-order valence-corrected chi connectivity index (χ4v) is 3.01. The van der Waals surface area contributed by atoms with Gasteiger partial charge in [-0.2, -0.15) is 0 Å². The molecular formula is C12H26N2O2S. The third-order valence-corrected chi connectivity index (χ3v) is 5.67. The summed E-state index contributed by atoms with van der Waals surface area (Å²) >= 11 is 0. The van der Waals surface area contributed by atoms with Crippen LogP contribution in [0.4, 0.5) is 0 Å². The Labute approximate surface area is 106 Å². The van der Waals surface area contributed by atoms with E-state index in [1.165, 1.54) is 0 Å².